The molecular formula is C28H22N2O5. The molecule has 174 valence electrons. The Balaban J connectivity index is 1.32. The number of hydrazone groups is 1. The molecule has 0 N–H and O–H groups in total. The number of hydrogen-bond donors (Lipinski definition) is 0. The average Bonchev–Trinajstić information content (AvgIpc) is 3.59. The topological polar surface area (TPSA) is 73.5 Å². The molecule has 2 atom stereocenters. The molecule has 2 aliphatic rings. The third-order valence-corrected chi connectivity index (χ3v) is 6.19. The van der Waals surface area contributed by atoms with Crippen LogP contribution in [0.25, 0.3) is 0 Å². The van der Waals surface area contributed by atoms with Gasteiger partial charge in [0.05, 0.1) is 25.0 Å². The molecule has 0 spiro atoms. The number of rotatable bonds is 5. The standard InChI is InChI=1S/C28H22N2O5/c1-32-25-10-5-9-21-23-17-22(24-11-6-16-33-24)29-30(23)27(35-26(21)25)18-12-14-20(15-13-18)34-28(31)19-7-3-2-4-8-19/h2-16,23,27H,17H2,1H3/t23-,27+/m0/s1. The predicted molar refractivity (Wildman–Crippen MR) is 129 cm³/mol. The van der Waals surface area contributed by atoms with E-state index in [1.165, 1.54) is 0 Å². The number of carbonyl (C=O) groups excluding carboxylic acids is 1. The number of para-hydroxylation sites is 1. The molecule has 3 heterocycles. The van der Waals surface area contributed by atoms with E-state index in [9.17, 15) is 4.79 Å². The van der Waals surface area contributed by atoms with Crippen LogP contribution in [0.1, 0.15) is 45.9 Å². The van der Waals surface area contributed by atoms with E-state index in [-0.39, 0.29) is 6.04 Å². The van der Waals surface area contributed by atoms with Crippen molar-refractivity contribution >= 4 is 11.7 Å². The van der Waals surface area contributed by atoms with Gasteiger partial charge in [-0.15, -0.1) is 0 Å². The SMILES string of the molecule is COc1cccc2c1O[C@H](c1ccc(OC(=O)c3ccccc3)cc1)N1N=C(c3ccco3)C[C@@H]21. The van der Waals surface area contributed by atoms with E-state index in [0.29, 0.717) is 29.2 Å². The second kappa shape index (κ2) is 8.68. The zero-order valence-corrected chi connectivity index (χ0v) is 19.0. The Morgan fingerprint density at radius 2 is 1.80 bits per heavy atom. The lowest BCUT2D eigenvalue weighted by molar-refractivity contribution is -0.0209. The monoisotopic (exact) mass is 466 g/mol. The first-order valence-corrected chi connectivity index (χ1v) is 11.3. The first-order valence-electron chi connectivity index (χ1n) is 11.3. The van der Waals surface area contributed by atoms with Crippen molar-refractivity contribution in [2.24, 2.45) is 5.10 Å². The zero-order valence-electron chi connectivity index (χ0n) is 19.0. The Kier molecular flexibility index (Phi) is 5.22. The Hall–Kier alpha value is -4.52. The van der Waals surface area contributed by atoms with Gasteiger partial charge in [-0.2, -0.15) is 5.10 Å². The molecule has 35 heavy (non-hydrogen) atoms. The van der Waals surface area contributed by atoms with Crippen LogP contribution in [0.5, 0.6) is 17.2 Å². The largest absolute Gasteiger partial charge is 0.493 e. The van der Waals surface area contributed by atoms with Crippen LogP contribution in [0, 0.1) is 0 Å². The van der Waals surface area contributed by atoms with Gasteiger partial charge in [-0.05, 0) is 54.6 Å². The van der Waals surface area contributed by atoms with Gasteiger partial charge in [0, 0.05) is 17.5 Å². The van der Waals surface area contributed by atoms with Crippen molar-refractivity contribution in [3.05, 3.63) is 114 Å². The van der Waals surface area contributed by atoms with Crippen molar-refractivity contribution in [1.29, 1.82) is 0 Å². The number of nitrogens with zero attached hydrogens (tertiary/aromatic N) is 2. The van der Waals surface area contributed by atoms with E-state index >= 15 is 0 Å². The van der Waals surface area contributed by atoms with Gasteiger partial charge in [0.25, 0.3) is 0 Å². The molecule has 3 aromatic carbocycles. The van der Waals surface area contributed by atoms with Gasteiger partial charge in [0.1, 0.15) is 17.2 Å². The molecule has 0 saturated heterocycles. The molecule has 7 nitrogen and oxygen atoms in total. The van der Waals surface area contributed by atoms with E-state index < -0.39 is 12.2 Å². The van der Waals surface area contributed by atoms with E-state index in [1.807, 2.05) is 53.5 Å². The van der Waals surface area contributed by atoms with Gasteiger partial charge < -0.3 is 18.6 Å². The zero-order chi connectivity index (χ0) is 23.8. The van der Waals surface area contributed by atoms with Crippen LogP contribution < -0.4 is 14.2 Å². The lowest BCUT2D eigenvalue weighted by atomic mass is 9.97. The lowest BCUT2D eigenvalue weighted by Gasteiger charge is -2.38. The molecule has 4 aromatic rings. The Morgan fingerprint density at radius 3 is 2.54 bits per heavy atom. The van der Waals surface area contributed by atoms with Gasteiger partial charge in [-0.1, -0.05) is 30.3 Å². The number of methoxy groups -OCH3 is 1. The quantitative estimate of drug-likeness (QED) is 0.275. The molecule has 0 saturated carbocycles. The van der Waals surface area contributed by atoms with E-state index in [1.54, 1.807) is 49.8 Å². The molecule has 0 radical (unpaired) electrons. The first-order chi connectivity index (χ1) is 17.2. The highest BCUT2D eigenvalue weighted by atomic mass is 16.5. The third-order valence-electron chi connectivity index (χ3n) is 6.19. The minimum Gasteiger partial charge on any atom is -0.493 e. The third kappa shape index (κ3) is 3.81. The molecule has 6 rings (SSSR count). The van der Waals surface area contributed by atoms with E-state index in [2.05, 4.69) is 0 Å². The Bertz CT molecular complexity index is 1380. The molecule has 0 fully saturated rings. The van der Waals surface area contributed by atoms with Crippen LogP contribution >= 0.6 is 0 Å². The summed E-state index contributed by atoms with van der Waals surface area (Å²) in [6.07, 6.45) is 1.84. The molecule has 2 aliphatic heterocycles. The Labute approximate surface area is 202 Å². The first kappa shape index (κ1) is 21.0. The van der Waals surface area contributed by atoms with Crippen LogP contribution in [0.15, 0.2) is 101 Å². The van der Waals surface area contributed by atoms with Crippen molar-refractivity contribution < 1.29 is 23.4 Å². The van der Waals surface area contributed by atoms with Crippen LogP contribution in [0.4, 0.5) is 0 Å². The molecule has 1 aromatic heterocycles. The predicted octanol–water partition coefficient (Wildman–Crippen LogP) is 5.75. The normalized spacial score (nSPS) is 18.2. The van der Waals surface area contributed by atoms with E-state index in [4.69, 9.17) is 23.7 Å². The minimum absolute atomic E-state index is 0.0328. The molecule has 0 bridgehead atoms. The van der Waals surface area contributed by atoms with Crippen molar-refractivity contribution in [3.63, 3.8) is 0 Å². The van der Waals surface area contributed by atoms with Crippen LogP contribution in [-0.2, 0) is 0 Å². The number of esters is 1. The fraction of sp³-hybridized carbons (Fsp3) is 0.143. The highest BCUT2D eigenvalue weighted by Crippen LogP contribution is 2.50. The maximum absolute atomic E-state index is 12.4. The van der Waals surface area contributed by atoms with Crippen molar-refractivity contribution in [2.45, 2.75) is 18.7 Å². The summed E-state index contributed by atoms with van der Waals surface area (Å²) in [7, 11) is 1.63. The van der Waals surface area contributed by atoms with Gasteiger partial charge in [0.15, 0.2) is 11.5 Å². The molecule has 7 heteroatoms. The number of benzene rings is 3. The average molecular weight is 466 g/mol. The van der Waals surface area contributed by atoms with Crippen LogP contribution in [0.3, 0.4) is 0 Å². The van der Waals surface area contributed by atoms with Crippen LogP contribution in [-0.4, -0.2) is 23.8 Å². The second-order valence-corrected chi connectivity index (χ2v) is 8.30. The van der Waals surface area contributed by atoms with Gasteiger partial charge >= 0.3 is 5.97 Å². The summed E-state index contributed by atoms with van der Waals surface area (Å²) in [5, 5.41) is 6.84. The number of ether oxygens (including phenoxy) is 3. The van der Waals surface area contributed by atoms with Crippen molar-refractivity contribution in [3.8, 4) is 17.2 Å². The summed E-state index contributed by atoms with van der Waals surface area (Å²) in [5.74, 6) is 2.17. The van der Waals surface area contributed by atoms with E-state index in [0.717, 1.165) is 22.6 Å². The molecule has 0 amide bonds. The summed E-state index contributed by atoms with van der Waals surface area (Å²) < 4.78 is 23.2. The fourth-order valence-corrected chi connectivity index (χ4v) is 4.50. The van der Waals surface area contributed by atoms with Gasteiger partial charge in [-0.25, -0.2) is 9.80 Å². The fourth-order valence-electron chi connectivity index (χ4n) is 4.50. The van der Waals surface area contributed by atoms with Crippen molar-refractivity contribution in [1.82, 2.24) is 5.01 Å². The summed E-state index contributed by atoms with van der Waals surface area (Å²) in [5.41, 5.74) is 3.24. The minimum atomic E-state index is -0.491. The summed E-state index contributed by atoms with van der Waals surface area (Å²) >= 11 is 0. The molecule has 0 unspecified atom stereocenters. The lowest BCUT2D eigenvalue weighted by Crippen LogP contribution is -2.33. The Morgan fingerprint density at radius 1 is 0.971 bits per heavy atom. The smallest absolute Gasteiger partial charge is 0.343 e. The number of fused-ring (bicyclic) bond motifs is 3. The highest BCUT2D eigenvalue weighted by Gasteiger charge is 2.42. The molecular weight excluding hydrogens is 444 g/mol. The number of carbonyl (C=O) groups is 1. The van der Waals surface area contributed by atoms with Gasteiger partial charge in [-0.3, -0.25) is 0 Å². The maximum atomic E-state index is 12.4. The molecule has 0 aliphatic carbocycles. The maximum Gasteiger partial charge on any atom is 0.343 e. The van der Waals surface area contributed by atoms with Crippen molar-refractivity contribution in [2.75, 3.05) is 7.11 Å². The number of hydrogen-bond acceptors (Lipinski definition) is 7. The van der Waals surface area contributed by atoms with Crippen LogP contribution in [0.2, 0.25) is 0 Å². The number of furan rings is 1. The summed E-state index contributed by atoms with van der Waals surface area (Å²) in [6.45, 7) is 0. The second-order valence-electron chi connectivity index (χ2n) is 8.30. The highest BCUT2D eigenvalue weighted by molar-refractivity contribution is 5.99. The van der Waals surface area contributed by atoms with Gasteiger partial charge in [0.2, 0.25) is 6.23 Å². The summed E-state index contributed by atoms with van der Waals surface area (Å²) in [6, 6.07) is 25.8. The summed E-state index contributed by atoms with van der Waals surface area (Å²) in [4.78, 5) is 12.4.